The van der Waals surface area contributed by atoms with Crippen molar-refractivity contribution in [2.45, 2.75) is 6.42 Å². The van der Waals surface area contributed by atoms with Crippen LogP contribution in [-0.4, -0.2) is 54.6 Å². The first-order valence-electron chi connectivity index (χ1n) is 12.3. The molecule has 1 amide bonds. The van der Waals surface area contributed by atoms with E-state index < -0.39 is 0 Å². The summed E-state index contributed by atoms with van der Waals surface area (Å²) in [5.74, 6) is 1.63. The number of carbonyl (C=O) groups excluding carboxylic acids is 1. The summed E-state index contributed by atoms with van der Waals surface area (Å²) in [5.41, 5.74) is 10.5. The van der Waals surface area contributed by atoms with Gasteiger partial charge in [0.15, 0.2) is 17.1 Å². The van der Waals surface area contributed by atoms with Crippen molar-refractivity contribution in [1.82, 2.24) is 20.0 Å². The fourth-order valence-corrected chi connectivity index (χ4v) is 4.32. The number of methoxy groups -OCH3 is 3. The highest BCUT2D eigenvalue weighted by atomic mass is 16.5. The summed E-state index contributed by atoms with van der Waals surface area (Å²) in [4.78, 5) is 22.9. The lowest BCUT2D eigenvalue weighted by Crippen LogP contribution is -2.26. The first-order chi connectivity index (χ1) is 19.0. The zero-order valence-electron chi connectivity index (χ0n) is 21.8. The van der Waals surface area contributed by atoms with Crippen molar-refractivity contribution in [3.05, 3.63) is 83.4 Å². The molecule has 5 aromatic rings. The number of rotatable bonds is 9. The van der Waals surface area contributed by atoms with Gasteiger partial charge in [-0.2, -0.15) is 9.78 Å². The monoisotopic (exact) mass is 524 g/mol. The molecule has 0 spiro atoms. The van der Waals surface area contributed by atoms with Gasteiger partial charge in [0.05, 0.1) is 38.6 Å². The average Bonchev–Trinajstić information content (AvgIpc) is 3.24. The fraction of sp³-hybridized carbons (Fsp3) is 0.172. The Hall–Kier alpha value is -5.12. The molecule has 0 saturated heterocycles. The summed E-state index contributed by atoms with van der Waals surface area (Å²) in [7, 11) is 4.75. The first kappa shape index (κ1) is 25.5. The van der Waals surface area contributed by atoms with Gasteiger partial charge in [-0.15, -0.1) is 0 Å². The number of hydrogen-bond acceptors (Lipinski definition) is 8. The second kappa shape index (κ2) is 11.1. The minimum Gasteiger partial charge on any atom is -0.497 e. The Balaban J connectivity index is 1.51. The van der Waals surface area contributed by atoms with Crippen LogP contribution in [0.4, 0.5) is 5.82 Å². The predicted octanol–water partition coefficient (Wildman–Crippen LogP) is 4.05. The van der Waals surface area contributed by atoms with E-state index in [1.165, 1.54) is 4.68 Å². The molecule has 0 aliphatic heterocycles. The molecular weight excluding hydrogens is 496 g/mol. The van der Waals surface area contributed by atoms with Gasteiger partial charge in [0.1, 0.15) is 22.6 Å². The number of fused-ring (bicyclic) bond motifs is 2. The first-order valence-corrected chi connectivity index (χ1v) is 12.3. The molecule has 2 aromatic heterocycles. The number of para-hydroxylation sites is 3. The molecule has 0 atom stereocenters. The Labute approximate surface area is 225 Å². The molecule has 0 saturated carbocycles. The molecule has 10 nitrogen and oxygen atoms in total. The van der Waals surface area contributed by atoms with Gasteiger partial charge in [-0.05, 0) is 48.4 Å². The Kier molecular flexibility index (Phi) is 7.26. The highest BCUT2D eigenvalue weighted by Gasteiger charge is 2.24. The van der Waals surface area contributed by atoms with E-state index in [4.69, 9.17) is 29.9 Å². The zero-order valence-corrected chi connectivity index (χ0v) is 21.8. The molecule has 5 rings (SSSR count). The Bertz CT molecular complexity index is 1680. The maximum atomic E-state index is 13.4. The maximum absolute atomic E-state index is 13.4. The summed E-state index contributed by atoms with van der Waals surface area (Å²) in [6.07, 6.45) is 2.22. The summed E-state index contributed by atoms with van der Waals surface area (Å²) >= 11 is 0. The molecule has 0 fully saturated rings. The lowest BCUT2D eigenvalue weighted by Gasteiger charge is -2.09. The van der Waals surface area contributed by atoms with E-state index in [9.17, 15) is 4.79 Å². The number of nitrogens with two attached hydrogens (primary N) is 1. The standard InChI is InChI=1S/C29H28N6O4/c1-37-20-13-11-18(12-14-20)15-16-31-29(36)24-25-28(34-22-9-5-4-8-21(22)33-25)35(27(24)30)32-17-19-7-6-10-23(38-2)26(19)39-3/h4-14,17H,15-16,30H2,1-3H3,(H,31,36)/b32-17-. The van der Waals surface area contributed by atoms with Gasteiger partial charge in [0.2, 0.25) is 0 Å². The van der Waals surface area contributed by atoms with Crippen LogP contribution in [0.15, 0.2) is 71.8 Å². The Morgan fingerprint density at radius 2 is 1.69 bits per heavy atom. The topological polar surface area (TPSA) is 126 Å². The van der Waals surface area contributed by atoms with E-state index in [-0.39, 0.29) is 17.3 Å². The second-order valence-corrected chi connectivity index (χ2v) is 8.64. The minimum atomic E-state index is -0.358. The molecule has 0 radical (unpaired) electrons. The Morgan fingerprint density at radius 3 is 2.38 bits per heavy atom. The highest BCUT2D eigenvalue weighted by Crippen LogP contribution is 2.31. The number of amides is 1. The number of anilines is 1. The highest BCUT2D eigenvalue weighted by molar-refractivity contribution is 6.10. The third-order valence-electron chi connectivity index (χ3n) is 6.30. The van der Waals surface area contributed by atoms with Crippen molar-refractivity contribution in [1.29, 1.82) is 0 Å². The molecule has 0 unspecified atom stereocenters. The third kappa shape index (κ3) is 5.04. The van der Waals surface area contributed by atoms with Crippen LogP contribution >= 0.6 is 0 Å². The summed E-state index contributed by atoms with van der Waals surface area (Å²) in [6.45, 7) is 0.405. The third-order valence-corrected chi connectivity index (χ3v) is 6.30. The second-order valence-electron chi connectivity index (χ2n) is 8.64. The Morgan fingerprint density at radius 1 is 0.949 bits per heavy atom. The van der Waals surface area contributed by atoms with Crippen LogP contribution in [0.1, 0.15) is 21.5 Å². The van der Waals surface area contributed by atoms with Crippen molar-refractivity contribution in [2.24, 2.45) is 5.10 Å². The van der Waals surface area contributed by atoms with Crippen molar-refractivity contribution >= 4 is 40.1 Å². The molecule has 39 heavy (non-hydrogen) atoms. The van der Waals surface area contributed by atoms with E-state index in [1.54, 1.807) is 33.6 Å². The molecule has 2 heterocycles. The number of nitrogens with one attached hydrogen (secondary N) is 1. The molecule has 198 valence electrons. The van der Waals surface area contributed by atoms with E-state index in [0.717, 1.165) is 11.3 Å². The molecule has 0 bridgehead atoms. The molecule has 10 heteroatoms. The summed E-state index contributed by atoms with van der Waals surface area (Å²) < 4.78 is 17.5. The van der Waals surface area contributed by atoms with Gasteiger partial charge in [-0.3, -0.25) is 4.79 Å². The molecule has 0 aliphatic carbocycles. The average molecular weight is 525 g/mol. The number of ether oxygens (including phenoxy) is 3. The van der Waals surface area contributed by atoms with Crippen molar-refractivity contribution < 1.29 is 19.0 Å². The number of carbonyl (C=O) groups is 1. The number of benzene rings is 3. The van der Waals surface area contributed by atoms with Crippen LogP contribution in [0.25, 0.3) is 22.2 Å². The number of aromatic nitrogens is 3. The number of nitrogen functional groups attached to an aromatic ring is 1. The van der Waals surface area contributed by atoms with Crippen LogP contribution < -0.4 is 25.3 Å². The predicted molar refractivity (Wildman–Crippen MR) is 151 cm³/mol. The zero-order chi connectivity index (χ0) is 27.4. The van der Waals surface area contributed by atoms with Gasteiger partial charge in [0.25, 0.3) is 5.91 Å². The molecule has 3 aromatic carbocycles. The van der Waals surface area contributed by atoms with E-state index >= 15 is 0 Å². The van der Waals surface area contributed by atoms with Gasteiger partial charge < -0.3 is 25.3 Å². The minimum absolute atomic E-state index is 0.125. The summed E-state index contributed by atoms with van der Waals surface area (Å²) in [5, 5.41) is 7.54. The van der Waals surface area contributed by atoms with Gasteiger partial charge in [-0.25, -0.2) is 9.97 Å². The van der Waals surface area contributed by atoms with E-state index in [0.29, 0.717) is 52.2 Å². The van der Waals surface area contributed by atoms with Crippen LogP contribution in [0.3, 0.4) is 0 Å². The largest absolute Gasteiger partial charge is 0.497 e. The van der Waals surface area contributed by atoms with Crippen LogP contribution in [0.5, 0.6) is 17.2 Å². The van der Waals surface area contributed by atoms with E-state index in [1.807, 2.05) is 60.7 Å². The van der Waals surface area contributed by atoms with Gasteiger partial charge in [-0.1, -0.05) is 30.3 Å². The van der Waals surface area contributed by atoms with Crippen molar-refractivity contribution in [3.8, 4) is 17.2 Å². The summed E-state index contributed by atoms with van der Waals surface area (Å²) in [6, 6.07) is 20.6. The van der Waals surface area contributed by atoms with Crippen molar-refractivity contribution in [3.63, 3.8) is 0 Å². The lowest BCUT2D eigenvalue weighted by molar-refractivity contribution is 0.0956. The number of hydrogen-bond donors (Lipinski definition) is 2. The molecule has 3 N–H and O–H groups in total. The quantitative estimate of drug-likeness (QED) is 0.279. The van der Waals surface area contributed by atoms with Crippen LogP contribution in [0.2, 0.25) is 0 Å². The normalized spacial score (nSPS) is 11.3. The van der Waals surface area contributed by atoms with E-state index in [2.05, 4.69) is 10.4 Å². The number of nitrogens with zero attached hydrogens (tertiary/aromatic N) is 4. The SMILES string of the molecule is COc1ccc(CCNC(=O)c2c(N)n(/N=C\c3cccc(OC)c3OC)c3nc4ccccc4nc23)cc1. The molecule has 0 aliphatic rings. The maximum Gasteiger partial charge on any atom is 0.257 e. The fourth-order valence-electron chi connectivity index (χ4n) is 4.32. The smallest absolute Gasteiger partial charge is 0.257 e. The van der Waals surface area contributed by atoms with Gasteiger partial charge >= 0.3 is 0 Å². The lowest BCUT2D eigenvalue weighted by atomic mass is 10.1. The van der Waals surface area contributed by atoms with Crippen molar-refractivity contribution in [2.75, 3.05) is 33.6 Å². The molecular formula is C29H28N6O4. The van der Waals surface area contributed by atoms with Crippen LogP contribution in [0, 0.1) is 0 Å². The van der Waals surface area contributed by atoms with Crippen LogP contribution in [-0.2, 0) is 6.42 Å². The van der Waals surface area contributed by atoms with Gasteiger partial charge in [0, 0.05) is 12.1 Å².